The number of aliphatic carboxylic acids is 1. The summed E-state index contributed by atoms with van der Waals surface area (Å²) in [6.07, 6.45) is 2.78. The zero-order chi connectivity index (χ0) is 34.8. The standard InChI is InChI=1S/C39H51FN4O4/c1-26-32(34(42-22-18-39(6,7)19-23-42)33(27(2)41-26)35(36(45)46)48-38(3,4)5)30-14-10-28(11-15-30)24-44(37(47)43-20-8-9-21-43)25-29-12-16-31(40)17-13-29/h10-17,35H,8-9,18-25H2,1-7H3,(H,45,46)/t35-/m0/s1. The molecule has 3 aromatic rings. The maximum absolute atomic E-state index is 13.6. The lowest BCUT2D eigenvalue weighted by atomic mass is 9.81. The van der Waals surface area contributed by atoms with E-state index in [9.17, 15) is 19.1 Å². The number of halogens is 1. The predicted molar refractivity (Wildman–Crippen MR) is 187 cm³/mol. The summed E-state index contributed by atoms with van der Waals surface area (Å²) in [5.74, 6) is -1.34. The second-order valence-electron chi connectivity index (χ2n) is 15.2. The third-order valence-corrected chi connectivity index (χ3v) is 9.52. The predicted octanol–water partition coefficient (Wildman–Crippen LogP) is 8.29. The Morgan fingerprint density at radius 2 is 1.46 bits per heavy atom. The Morgan fingerprint density at radius 1 is 0.917 bits per heavy atom. The van der Waals surface area contributed by atoms with Crippen LogP contribution in [-0.4, -0.2) is 63.7 Å². The van der Waals surface area contributed by atoms with Gasteiger partial charge in [0, 0.05) is 61.8 Å². The van der Waals surface area contributed by atoms with E-state index in [1.54, 1.807) is 12.1 Å². The summed E-state index contributed by atoms with van der Waals surface area (Å²) < 4.78 is 19.9. The summed E-state index contributed by atoms with van der Waals surface area (Å²) in [5, 5.41) is 10.5. The van der Waals surface area contributed by atoms with E-state index in [2.05, 4.69) is 18.7 Å². The van der Waals surface area contributed by atoms with E-state index >= 15 is 0 Å². The fourth-order valence-corrected chi connectivity index (χ4v) is 6.86. The number of ether oxygens (including phenoxy) is 1. The summed E-state index contributed by atoms with van der Waals surface area (Å²) in [5.41, 5.74) is 6.15. The van der Waals surface area contributed by atoms with Crippen LogP contribution in [0.15, 0.2) is 48.5 Å². The lowest BCUT2D eigenvalue weighted by Gasteiger charge is -2.41. The molecule has 48 heavy (non-hydrogen) atoms. The van der Waals surface area contributed by atoms with Crippen LogP contribution >= 0.6 is 0 Å². The number of piperidine rings is 1. The number of carbonyl (C=O) groups is 2. The molecular formula is C39H51FN4O4. The molecule has 2 amide bonds. The molecule has 0 radical (unpaired) electrons. The SMILES string of the molecule is Cc1nc(C)c([C@H](OC(C)(C)C)C(=O)O)c(N2CCC(C)(C)CC2)c1-c1ccc(CN(Cc2ccc(F)cc2)C(=O)N2CCCC2)cc1. The molecule has 8 nitrogen and oxygen atoms in total. The van der Waals surface area contributed by atoms with E-state index in [0.29, 0.717) is 24.3 Å². The highest BCUT2D eigenvalue weighted by Crippen LogP contribution is 2.45. The number of urea groups is 1. The molecule has 0 aliphatic carbocycles. The smallest absolute Gasteiger partial charge is 0.337 e. The maximum Gasteiger partial charge on any atom is 0.337 e. The number of hydrogen-bond acceptors (Lipinski definition) is 5. The van der Waals surface area contributed by atoms with Gasteiger partial charge >= 0.3 is 12.0 Å². The number of benzene rings is 2. The summed E-state index contributed by atoms with van der Waals surface area (Å²) in [4.78, 5) is 37.4. The Bertz CT molecular complexity index is 1600. The highest BCUT2D eigenvalue weighted by atomic mass is 19.1. The van der Waals surface area contributed by atoms with Crippen LogP contribution in [0.4, 0.5) is 14.9 Å². The number of amides is 2. The monoisotopic (exact) mass is 658 g/mol. The van der Waals surface area contributed by atoms with Crippen molar-refractivity contribution in [2.45, 2.75) is 98.9 Å². The molecule has 2 aromatic carbocycles. The topological polar surface area (TPSA) is 86.2 Å². The number of aryl methyl sites for hydroxylation is 2. The van der Waals surface area contributed by atoms with E-state index in [-0.39, 0.29) is 17.3 Å². The average Bonchev–Trinajstić information content (AvgIpc) is 3.56. The minimum absolute atomic E-state index is 0.0157. The first-order valence-corrected chi connectivity index (χ1v) is 17.2. The van der Waals surface area contributed by atoms with Gasteiger partial charge in [0.1, 0.15) is 5.82 Å². The van der Waals surface area contributed by atoms with Gasteiger partial charge in [-0.15, -0.1) is 0 Å². The molecule has 2 aliphatic rings. The van der Waals surface area contributed by atoms with Crippen LogP contribution in [-0.2, 0) is 22.6 Å². The number of carboxylic acids is 1. The third kappa shape index (κ3) is 8.35. The fraction of sp³-hybridized carbons (Fsp3) is 0.513. The number of carboxylic acid groups (broad SMARTS) is 1. The van der Waals surface area contributed by atoms with E-state index in [0.717, 1.165) is 85.5 Å². The Labute approximate surface area is 284 Å². The van der Waals surface area contributed by atoms with E-state index < -0.39 is 17.7 Å². The van der Waals surface area contributed by atoms with Gasteiger partial charge in [0.2, 0.25) is 0 Å². The first-order chi connectivity index (χ1) is 22.6. The van der Waals surface area contributed by atoms with E-state index in [4.69, 9.17) is 9.72 Å². The van der Waals surface area contributed by atoms with Crippen LogP contribution in [0.3, 0.4) is 0 Å². The molecule has 3 heterocycles. The Balaban J connectivity index is 1.54. The van der Waals surface area contributed by atoms with Crippen molar-refractivity contribution in [3.63, 3.8) is 0 Å². The Hall–Kier alpha value is -3.98. The van der Waals surface area contributed by atoms with Gasteiger partial charge in [-0.05, 0) is 94.5 Å². The van der Waals surface area contributed by atoms with Crippen molar-refractivity contribution in [3.05, 3.63) is 82.4 Å². The number of anilines is 1. The number of aromatic nitrogens is 1. The first-order valence-electron chi connectivity index (χ1n) is 17.2. The van der Waals surface area contributed by atoms with Crippen molar-refractivity contribution in [1.29, 1.82) is 0 Å². The van der Waals surface area contributed by atoms with Crippen molar-refractivity contribution in [1.82, 2.24) is 14.8 Å². The number of likely N-dealkylation sites (tertiary alicyclic amines) is 1. The lowest BCUT2D eigenvalue weighted by molar-refractivity contribution is -0.160. The first kappa shape index (κ1) is 35.3. The van der Waals surface area contributed by atoms with Gasteiger partial charge in [-0.1, -0.05) is 50.2 Å². The van der Waals surface area contributed by atoms with E-state index in [1.807, 2.05) is 68.7 Å². The highest BCUT2D eigenvalue weighted by Gasteiger charge is 2.36. The molecule has 9 heteroatoms. The van der Waals surface area contributed by atoms with Crippen LogP contribution in [0.25, 0.3) is 11.1 Å². The summed E-state index contributed by atoms with van der Waals surface area (Å²) in [6.45, 7) is 17.9. The van der Waals surface area contributed by atoms with Crippen molar-refractivity contribution in [3.8, 4) is 11.1 Å². The molecule has 0 saturated carbocycles. The zero-order valence-electron chi connectivity index (χ0n) is 29.6. The average molecular weight is 659 g/mol. The van der Waals surface area contributed by atoms with Crippen LogP contribution in [0, 0.1) is 25.1 Å². The minimum Gasteiger partial charge on any atom is -0.479 e. The van der Waals surface area contributed by atoms with Crippen LogP contribution in [0.2, 0.25) is 0 Å². The second kappa shape index (κ2) is 14.2. The fourth-order valence-electron chi connectivity index (χ4n) is 6.86. The lowest BCUT2D eigenvalue weighted by Crippen LogP contribution is -2.41. The van der Waals surface area contributed by atoms with E-state index in [1.165, 1.54) is 12.1 Å². The molecule has 2 fully saturated rings. The summed E-state index contributed by atoms with van der Waals surface area (Å²) in [6, 6.07) is 14.5. The van der Waals surface area contributed by atoms with Gasteiger partial charge in [0.15, 0.2) is 6.10 Å². The molecule has 258 valence electrons. The van der Waals surface area contributed by atoms with Crippen molar-refractivity contribution < 1.29 is 23.8 Å². The Morgan fingerprint density at radius 3 is 1.98 bits per heavy atom. The Kier molecular flexibility index (Phi) is 10.5. The quantitative estimate of drug-likeness (QED) is 0.249. The third-order valence-electron chi connectivity index (χ3n) is 9.52. The van der Waals surface area contributed by atoms with Gasteiger partial charge in [0.25, 0.3) is 0 Å². The molecular weight excluding hydrogens is 607 g/mol. The summed E-state index contributed by atoms with van der Waals surface area (Å²) >= 11 is 0. The number of nitrogens with zero attached hydrogens (tertiary/aromatic N) is 4. The van der Waals surface area contributed by atoms with Crippen LogP contribution in [0.1, 0.15) is 94.5 Å². The van der Waals surface area contributed by atoms with Crippen LogP contribution in [0.5, 0.6) is 0 Å². The zero-order valence-corrected chi connectivity index (χ0v) is 29.6. The molecule has 5 rings (SSSR count). The number of pyridine rings is 1. The van der Waals surface area contributed by atoms with Gasteiger partial charge in [0.05, 0.1) is 11.3 Å². The largest absolute Gasteiger partial charge is 0.479 e. The van der Waals surface area contributed by atoms with Gasteiger partial charge < -0.3 is 24.5 Å². The molecule has 2 saturated heterocycles. The van der Waals surface area contributed by atoms with Crippen molar-refractivity contribution in [2.24, 2.45) is 5.41 Å². The molecule has 0 spiro atoms. The summed E-state index contributed by atoms with van der Waals surface area (Å²) in [7, 11) is 0. The maximum atomic E-state index is 13.6. The van der Waals surface area contributed by atoms with Crippen LogP contribution < -0.4 is 4.90 Å². The van der Waals surface area contributed by atoms with Gasteiger partial charge in [-0.3, -0.25) is 4.98 Å². The molecule has 0 bridgehead atoms. The number of carbonyl (C=O) groups excluding carboxylic acids is 1. The number of rotatable bonds is 9. The molecule has 1 aromatic heterocycles. The minimum atomic E-state index is -1.18. The van der Waals surface area contributed by atoms with Gasteiger partial charge in [-0.25, -0.2) is 14.0 Å². The molecule has 1 N–H and O–H groups in total. The van der Waals surface area contributed by atoms with Gasteiger partial charge in [-0.2, -0.15) is 0 Å². The molecule has 0 unspecified atom stereocenters. The highest BCUT2D eigenvalue weighted by molar-refractivity contribution is 5.88. The van der Waals surface area contributed by atoms with Crippen molar-refractivity contribution in [2.75, 3.05) is 31.1 Å². The van der Waals surface area contributed by atoms with Crippen molar-refractivity contribution >= 4 is 17.7 Å². The molecule has 2 aliphatic heterocycles. The number of hydrogen-bond donors (Lipinski definition) is 1. The molecule has 1 atom stereocenters. The normalized spacial score (nSPS) is 17.0. The second-order valence-corrected chi connectivity index (χ2v) is 15.2.